The van der Waals surface area contributed by atoms with Gasteiger partial charge < -0.3 is 9.63 Å². The number of rotatable bonds is 3. The summed E-state index contributed by atoms with van der Waals surface area (Å²) < 4.78 is 4.80. The minimum atomic E-state index is -0.647. The van der Waals surface area contributed by atoms with Crippen LogP contribution in [0.4, 0.5) is 5.13 Å². The van der Waals surface area contributed by atoms with Gasteiger partial charge in [0.25, 0.3) is 5.91 Å². The Kier molecular flexibility index (Phi) is 3.21. The van der Waals surface area contributed by atoms with Gasteiger partial charge in [-0.2, -0.15) is 0 Å². The highest BCUT2D eigenvalue weighted by atomic mass is 32.1. The number of anilines is 1. The molecule has 0 aliphatic heterocycles. The molecule has 0 saturated heterocycles. The number of amides is 1. The van der Waals surface area contributed by atoms with Gasteiger partial charge in [-0.25, -0.2) is 4.98 Å². The van der Waals surface area contributed by atoms with Crippen molar-refractivity contribution < 1.29 is 14.4 Å². The third kappa shape index (κ3) is 2.69. The Bertz CT molecular complexity index is 532. The third-order valence-electron chi connectivity index (χ3n) is 2.03. The Hall–Kier alpha value is -1.73. The predicted octanol–water partition coefficient (Wildman–Crippen LogP) is 1.75. The van der Waals surface area contributed by atoms with Crippen molar-refractivity contribution in [1.29, 1.82) is 0 Å². The number of aryl methyl sites for hydroxylation is 1. The molecule has 7 heteroatoms. The molecular formula is C10H11N3O3S. The highest BCUT2D eigenvalue weighted by Crippen LogP contribution is 2.20. The number of nitrogens with one attached hydrogen (secondary N) is 1. The van der Waals surface area contributed by atoms with Crippen LogP contribution in [0, 0.1) is 6.92 Å². The molecule has 2 heterocycles. The van der Waals surface area contributed by atoms with Crippen LogP contribution in [0.1, 0.15) is 35.0 Å². The van der Waals surface area contributed by atoms with Gasteiger partial charge in [-0.1, -0.05) is 5.16 Å². The van der Waals surface area contributed by atoms with Crippen LogP contribution in [0.5, 0.6) is 0 Å². The van der Waals surface area contributed by atoms with Gasteiger partial charge in [0.1, 0.15) is 5.76 Å². The van der Waals surface area contributed by atoms with Crippen LogP contribution in [0.25, 0.3) is 0 Å². The predicted molar refractivity (Wildman–Crippen MR) is 61.9 cm³/mol. The summed E-state index contributed by atoms with van der Waals surface area (Å²) in [5.41, 5.74) is 0.734. The summed E-state index contributed by atoms with van der Waals surface area (Å²) >= 11 is 1.25. The third-order valence-corrected chi connectivity index (χ3v) is 2.81. The highest BCUT2D eigenvalue weighted by molar-refractivity contribution is 7.14. The standard InChI is InChI=1S/C10H11N3O3S/c1-5-3-7(13-16-5)9(15)12-10-11-8(4-17-10)6(2)14/h3-4,6,14H,1-2H3,(H,11,12,15). The quantitative estimate of drug-likeness (QED) is 0.869. The van der Waals surface area contributed by atoms with Crippen LogP contribution in [0.3, 0.4) is 0 Å². The first-order valence-corrected chi connectivity index (χ1v) is 5.82. The van der Waals surface area contributed by atoms with E-state index in [-0.39, 0.29) is 11.6 Å². The fourth-order valence-corrected chi connectivity index (χ4v) is 1.96. The van der Waals surface area contributed by atoms with Crippen molar-refractivity contribution in [3.63, 3.8) is 0 Å². The number of carbonyl (C=O) groups excluding carboxylic acids is 1. The molecule has 2 N–H and O–H groups in total. The van der Waals surface area contributed by atoms with Crippen molar-refractivity contribution in [3.05, 3.63) is 28.6 Å². The molecular weight excluding hydrogens is 242 g/mol. The van der Waals surface area contributed by atoms with Crippen molar-refractivity contribution in [1.82, 2.24) is 10.1 Å². The van der Waals surface area contributed by atoms with E-state index in [2.05, 4.69) is 15.5 Å². The second-order valence-corrected chi connectivity index (χ2v) is 4.39. The lowest BCUT2D eigenvalue weighted by Crippen LogP contribution is -2.12. The first-order chi connectivity index (χ1) is 8.06. The number of hydrogen-bond acceptors (Lipinski definition) is 6. The van der Waals surface area contributed by atoms with E-state index in [4.69, 9.17) is 4.52 Å². The molecule has 1 atom stereocenters. The number of thiazole rings is 1. The number of nitrogens with zero attached hydrogens (tertiary/aromatic N) is 2. The first kappa shape index (κ1) is 11.7. The number of aliphatic hydroxyl groups is 1. The maximum atomic E-state index is 11.7. The molecule has 0 spiro atoms. The van der Waals surface area contributed by atoms with Crippen LogP contribution in [-0.4, -0.2) is 21.2 Å². The molecule has 0 saturated carbocycles. The van der Waals surface area contributed by atoms with E-state index >= 15 is 0 Å². The van der Waals surface area contributed by atoms with Gasteiger partial charge in [0.2, 0.25) is 0 Å². The average Bonchev–Trinajstić information content (AvgIpc) is 2.86. The van der Waals surface area contributed by atoms with Crippen molar-refractivity contribution in [2.75, 3.05) is 5.32 Å². The van der Waals surface area contributed by atoms with Crippen LogP contribution >= 0.6 is 11.3 Å². The molecule has 17 heavy (non-hydrogen) atoms. The largest absolute Gasteiger partial charge is 0.387 e. The molecule has 0 aliphatic carbocycles. The van der Waals surface area contributed by atoms with Gasteiger partial charge in [0.15, 0.2) is 10.8 Å². The Morgan fingerprint density at radius 2 is 2.41 bits per heavy atom. The minimum Gasteiger partial charge on any atom is -0.387 e. The Labute approximate surface area is 101 Å². The lowest BCUT2D eigenvalue weighted by molar-refractivity contribution is 0.101. The monoisotopic (exact) mass is 253 g/mol. The van der Waals surface area contributed by atoms with Gasteiger partial charge in [-0.05, 0) is 13.8 Å². The SMILES string of the molecule is Cc1cc(C(=O)Nc2nc(C(C)O)cs2)no1. The fraction of sp³-hybridized carbons (Fsp3) is 0.300. The fourth-order valence-electron chi connectivity index (χ4n) is 1.17. The van der Waals surface area contributed by atoms with Crippen LogP contribution in [0.2, 0.25) is 0 Å². The Balaban J connectivity index is 2.07. The molecule has 90 valence electrons. The highest BCUT2D eigenvalue weighted by Gasteiger charge is 2.14. The van der Waals surface area contributed by atoms with E-state index < -0.39 is 6.10 Å². The smallest absolute Gasteiger partial charge is 0.279 e. The van der Waals surface area contributed by atoms with E-state index in [9.17, 15) is 9.90 Å². The number of aliphatic hydroxyl groups excluding tert-OH is 1. The molecule has 2 aromatic rings. The van der Waals surface area contributed by atoms with E-state index in [1.807, 2.05) is 0 Å². The number of carbonyl (C=O) groups is 1. The molecule has 0 aliphatic rings. The van der Waals surface area contributed by atoms with Gasteiger partial charge in [-0.15, -0.1) is 11.3 Å². The lowest BCUT2D eigenvalue weighted by atomic mass is 10.3. The molecule has 0 radical (unpaired) electrons. The Morgan fingerprint density at radius 1 is 1.65 bits per heavy atom. The second-order valence-electron chi connectivity index (χ2n) is 3.53. The zero-order valence-corrected chi connectivity index (χ0v) is 10.1. The van der Waals surface area contributed by atoms with Gasteiger partial charge in [0, 0.05) is 11.4 Å². The molecule has 0 aromatic carbocycles. The maximum absolute atomic E-state index is 11.7. The zero-order chi connectivity index (χ0) is 12.4. The van der Waals surface area contributed by atoms with Crippen LogP contribution in [-0.2, 0) is 0 Å². The van der Waals surface area contributed by atoms with Crippen molar-refractivity contribution in [3.8, 4) is 0 Å². The molecule has 0 fully saturated rings. The topological polar surface area (TPSA) is 88.2 Å². The van der Waals surface area contributed by atoms with E-state index in [1.54, 1.807) is 25.3 Å². The minimum absolute atomic E-state index is 0.205. The second kappa shape index (κ2) is 4.64. The first-order valence-electron chi connectivity index (χ1n) is 4.94. The van der Waals surface area contributed by atoms with Crippen LogP contribution < -0.4 is 5.32 Å². The summed E-state index contributed by atoms with van der Waals surface area (Å²) in [6, 6.07) is 1.54. The molecule has 1 unspecified atom stereocenters. The normalized spacial score (nSPS) is 12.4. The summed E-state index contributed by atoms with van der Waals surface area (Å²) in [6.07, 6.45) is -0.647. The lowest BCUT2D eigenvalue weighted by Gasteiger charge is -1.98. The number of aromatic nitrogens is 2. The summed E-state index contributed by atoms with van der Waals surface area (Å²) in [4.78, 5) is 15.7. The van der Waals surface area contributed by atoms with Crippen LogP contribution in [0.15, 0.2) is 16.0 Å². The molecule has 0 bridgehead atoms. The summed E-state index contributed by atoms with van der Waals surface area (Å²) in [6.45, 7) is 3.32. The van der Waals surface area contributed by atoms with Gasteiger partial charge in [0.05, 0.1) is 11.8 Å². The molecule has 6 nitrogen and oxygen atoms in total. The maximum Gasteiger partial charge on any atom is 0.279 e. The average molecular weight is 253 g/mol. The molecule has 1 amide bonds. The number of hydrogen-bond donors (Lipinski definition) is 2. The van der Waals surface area contributed by atoms with Gasteiger partial charge in [-0.3, -0.25) is 10.1 Å². The summed E-state index contributed by atoms with van der Waals surface area (Å²) in [5.74, 6) is 0.187. The zero-order valence-electron chi connectivity index (χ0n) is 9.30. The summed E-state index contributed by atoms with van der Waals surface area (Å²) in [7, 11) is 0. The molecule has 2 aromatic heterocycles. The van der Waals surface area contributed by atoms with E-state index in [1.165, 1.54) is 11.3 Å². The molecule has 2 rings (SSSR count). The van der Waals surface area contributed by atoms with Crippen molar-refractivity contribution in [2.45, 2.75) is 20.0 Å². The Morgan fingerprint density at radius 3 is 2.94 bits per heavy atom. The van der Waals surface area contributed by atoms with Crippen molar-refractivity contribution >= 4 is 22.4 Å². The van der Waals surface area contributed by atoms with E-state index in [0.29, 0.717) is 16.6 Å². The summed E-state index contributed by atoms with van der Waals surface area (Å²) in [5, 5.41) is 17.6. The van der Waals surface area contributed by atoms with E-state index in [0.717, 1.165) is 0 Å². The van der Waals surface area contributed by atoms with Gasteiger partial charge >= 0.3 is 0 Å². The van der Waals surface area contributed by atoms with Crippen molar-refractivity contribution in [2.24, 2.45) is 0 Å².